The molecule has 0 aliphatic heterocycles. The molecule has 26 heavy (non-hydrogen) atoms. The Balaban J connectivity index is 1.88. The van der Waals surface area contributed by atoms with Gasteiger partial charge in [0.2, 0.25) is 0 Å². The van der Waals surface area contributed by atoms with Crippen LogP contribution in [0.3, 0.4) is 0 Å². The highest BCUT2D eigenvalue weighted by Crippen LogP contribution is 2.26. The normalized spacial score (nSPS) is 10.6. The highest BCUT2D eigenvalue weighted by molar-refractivity contribution is 9.10. The summed E-state index contributed by atoms with van der Waals surface area (Å²) >= 11 is 14.9. The van der Waals surface area contributed by atoms with Crippen LogP contribution in [-0.2, 0) is 7.05 Å². The van der Waals surface area contributed by atoms with Crippen molar-refractivity contribution in [1.82, 2.24) is 9.36 Å². The lowest BCUT2D eigenvalue weighted by Gasteiger charge is -2.11. The van der Waals surface area contributed by atoms with Crippen LogP contribution in [0, 0.1) is 6.92 Å². The molecule has 2 N–H and O–H groups in total. The smallest absolute Gasteiger partial charge is 0.295 e. The van der Waals surface area contributed by atoms with Crippen molar-refractivity contribution in [3.63, 3.8) is 0 Å². The van der Waals surface area contributed by atoms with Crippen LogP contribution in [0.25, 0.3) is 5.69 Å². The van der Waals surface area contributed by atoms with E-state index in [4.69, 9.17) is 23.8 Å². The van der Waals surface area contributed by atoms with Gasteiger partial charge in [-0.1, -0.05) is 45.7 Å². The Hall–Kier alpha value is -2.09. The Labute approximate surface area is 169 Å². The zero-order chi connectivity index (χ0) is 18.8. The molecule has 0 unspecified atom stereocenters. The molecule has 0 bridgehead atoms. The number of thiocarbonyl (C=S) groups is 1. The fraction of sp³-hybridized carbons (Fsp3) is 0.111. The lowest BCUT2D eigenvalue weighted by Crippen LogP contribution is -2.25. The average Bonchev–Trinajstić information content (AvgIpc) is 2.82. The summed E-state index contributed by atoms with van der Waals surface area (Å²) < 4.78 is 4.25. The molecule has 0 amide bonds. The molecule has 8 heteroatoms. The number of para-hydroxylation sites is 1. The van der Waals surface area contributed by atoms with Gasteiger partial charge in [-0.05, 0) is 49.5 Å². The monoisotopic (exact) mass is 450 g/mol. The highest BCUT2D eigenvalue weighted by Gasteiger charge is 2.17. The van der Waals surface area contributed by atoms with E-state index in [0.29, 0.717) is 21.5 Å². The van der Waals surface area contributed by atoms with Crippen molar-refractivity contribution in [2.45, 2.75) is 6.92 Å². The van der Waals surface area contributed by atoms with E-state index in [-0.39, 0.29) is 5.56 Å². The Morgan fingerprint density at radius 3 is 2.50 bits per heavy atom. The predicted octanol–water partition coefficient (Wildman–Crippen LogP) is 4.71. The first-order valence-electron chi connectivity index (χ1n) is 7.75. The van der Waals surface area contributed by atoms with E-state index in [1.54, 1.807) is 21.5 Å². The molecular formula is C18H16BrClN4OS. The van der Waals surface area contributed by atoms with Crippen molar-refractivity contribution in [3.05, 3.63) is 74.1 Å². The number of benzene rings is 2. The van der Waals surface area contributed by atoms with Gasteiger partial charge < -0.3 is 10.6 Å². The van der Waals surface area contributed by atoms with Gasteiger partial charge in [-0.25, -0.2) is 4.68 Å². The molecule has 0 fully saturated rings. The third-order valence-corrected chi connectivity index (χ3v) is 4.98. The second kappa shape index (κ2) is 7.65. The van der Waals surface area contributed by atoms with Crippen molar-refractivity contribution in [2.75, 3.05) is 10.6 Å². The molecule has 0 saturated heterocycles. The first-order valence-corrected chi connectivity index (χ1v) is 9.33. The number of anilines is 2. The average molecular weight is 452 g/mol. The van der Waals surface area contributed by atoms with Gasteiger partial charge in [-0.3, -0.25) is 9.48 Å². The maximum Gasteiger partial charge on any atom is 0.295 e. The van der Waals surface area contributed by atoms with E-state index < -0.39 is 0 Å². The number of rotatable bonds is 3. The van der Waals surface area contributed by atoms with E-state index >= 15 is 0 Å². The molecule has 3 rings (SSSR count). The van der Waals surface area contributed by atoms with E-state index in [1.165, 1.54) is 0 Å². The SMILES string of the molecule is Cc1c(NC(=S)Nc2ccc(Br)cc2Cl)c(=O)n(-c2ccccc2)n1C. The summed E-state index contributed by atoms with van der Waals surface area (Å²) in [5, 5.41) is 6.83. The van der Waals surface area contributed by atoms with E-state index in [2.05, 4.69) is 26.6 Å². The molecule has 1 aromatic heterocycles. The zero-order valence-electron chi connectivity index (χ0n) is 14.1. The van der Waals surface area contributed by atoms with Gasteiger partial charge in [0, 0.05) is 11.5 Å². The van der Waals surface area contributed by atoms with Crippen LogP contribution in [-0.4, -0.2) is 14.5 Å². The van der Waals surface area contributed by atoms with Gasteiger partial charge in [0.05, 0.1) is 22.1 Å². The predicted molar refractivity (Wildman–Crippen MR) is 115 cm³/mol. The van der Waals surface area contributed by atoms with Crippen molar-refractivity contribution < 1.29 is 0 Å². The molecule has 134 valence electrons. The molecule has 5 nitrogen and oxygen atoms in total. The fourth-order valence-electron chi connectivity index (χ4n) is 2.57. The van der Waals surface area contributed by atoms with Crippen LogP contribution in [0.15, 0.2) is 57.8 Å². The Bertz CT molecular complexity index is 1030. The highest BCUT2D eigenvalue weighted by atomic mass is 79.9. The summed E-state index contributed by atoms with van der Waals surface area (Å²) in [6, 6.07) is 14.9. The third kappa shape index (κ3) is 3.70. The summed E-state index contributed by atoms with van der Waals surface area (Å²) in [4.78, 5) is 12.9. The number of hydrogen-bond acceptors (Lipinski definition) is 2. The lowest BCUT2D eigenvalue weighted by molar-refractivity contribution is 0.630. The minimum Gasteiger partial charge on any atom is -0.331 e. The zero-order valence-corrected chi connectivity index (χ0v) is 17.2. The van der Waals surface area contributed by atoms with Crippen LogP contribution in [0.4, 0.5) is 11.4 Å². The van der Waals surface area contributed by atoms with Crippen LogP contribution in [0.1, 0.15) is 5.69 Å². The largest absolute Gasteiger partial charge is 0.331 e. The standard InChI is InChI=1S/C18H16BrClN4OS/c1-11-16(17(25)24(23(11)2)13-6-4-3-5-7-13)22-18(26)21-15-9-8-12(19)10-14(15)20/h3-10H,1-2H3,(H2,21,22,26). The van der Waals surface area contributed by atoms with Crippen molar-refractivity contribution in [1.29, 1.82) is 0 Å². The topological polar surface area (TPSA) is 51.0 Å². The Kier molecular flexibility index (Phi) is 5.50. The Morgan fingerprint density at radius 1 is 1.15 bits per heavy atom. The van der Waals surface area contributed by atoms with Gasteiger partial charge in [0.15, 0.2) is 5.11 Å². The summed E-state index contributed by atoms with van der Waals surface area (Å²) in [5.41, 5.74) is 2.45. The summed E-state index contributed by atoms with van der Waals surface area (Å²) in [6.45, 7) is 1.86. The maximum atomic E-state index is 12.9. The summed E-state index contributed by atoms with van der Waals surface area (Å²) in [7, 11) is 1.83. The molecule has 1 heterocycles. The maximum absolute atomic E-state index is 12.9. The molecule has 0 radical (unpaired) electrons. The molecule has 3 aromatic rings. The lowest BCUT2D eigenvalue weighted by atomic mass is 10.3. The minimum atomic E-state index is -0.178. The second-order valence-electron chi connectivity index (χ2n) is 5.64. The van der Waals surface area contributed by atoms with E-state index in [9.17, 15) is 4.79 Å². The van der Waals surface area contributed by atoms with Crippen LogP contribution >= 0.6 is 39.7 Å². The van der Waals surface area contributed by atoms with Gasteiger partial charge in [0.25, 0.3) is 5.56 Å². The second-order valence-corrected chi connectivity index (χ2v) is 7.37. The summed E-state index contributed by atoms with van der Waals surface area (Å²) in [5.74, 6) is 0. The van der Waals surface area contributed by atoms with Crippen molar-refractivity contribution >= 4 is 56.2 Å². The quantitative estimate of drug-likeness (QED) is 0.566. The van der Waals surface area contributed by atoms with E-state index in [0.717, 1.165) is 15.9 Å². The van der Waals surface area contributed by atoms with Crippen LogP contribution < -0.4 is 16.2 Å². The number of aromatic nitrogens is 2. The molecular weight excluding hydrogens is 436 g/mol. The van der Waals surface area contributed by atoms with Crippen molar-refractivity contribution in [2.24, 2.45) is 7.05 Å². The van der Waals surface area contributed by atoms with Crippen molar-refractivity contribution in [3.8, 4) is 5.69 Å². The number of nitrogens with zero attached hydrogens (tertiary/aromatic N) is 2. The molecule has 0 aliphatic carbocycles. The first kappa shape index (κ1) is 18.7. The number of halogens is 2. The van der Waals surface area contributed by atoms with Gasteiger partial charge >= 0.3 is 0 Å². The molecule has 0 aliphatic rings. The van der Waals surface area contributed by atoms with Gasteiger partial charge in [0.1, 0.15) is 5.69 Å². The number of hydrogen-bond donors (Lipinski definition) is 2. The minimum absolute atomic E-state index is 0.178. The first-order chi connectivity index (χ1) is 12.4. The molecule has 2 aromatic carbocycles. The summed E-state index contributed by atoms with van der Waals surface area (Å²) in [6.07, 6.45) is 0. The van der Waals surface area contributed by atoms with Crippen LogP contribution in [0.5, 0.6) is 0 Å². The number of nitrogens with one attached hydrogen (secondary N) is 2. The van der Waals surface area contributed by atoms with Crippen LogP contribution in [0.2, 0.25) is 5.02 Å². The van der Waals surface area contributed by atoms with E-state index in [1.807, 2.05) is 50.4 Å². The van der Waals surface area contributed by atoms with Gasteiger partial charge in [-0.2, -0.15) is 0 Å². The molecule has 0 spiro atoms. The Morgan fingerprint density at radius 2 is 1.85 bits per heavy atom. The third-order valence-electron chi connectivity index (χ3n) is 3.97. The molecule has 0 saturated carbocycles. The van der Waals surface area contributed by atoms with Gasteiger partial charge in [-0.15, -0.1) is 0 Å². The fourth-order valence-corrected chi connectivity index (χ4v) is 3.50. The molecule has 0 atom stereocenters.